The standard InChI is InChI=1S/3C17H21N3O.3CH4/c3*18-16-14-7-1-2-10-15(14)19-20(16)17(21)13-9-4-6-11-5-3-8-12(11)13;;;/h3*3,8,13H,1-2,4-7,9-10,18H2;3*1H4/t13-;;;;;/m0...../s1. The van der Waals surface area contributed by atoms with Crippen molar-refractivity contribution < 1.29 is 14.4 Å². The topological polar surface area (TPSA) is 183 Å². The summed E-state index contributed by atoms with van der Waals surface area (Å²) in [7, 11) is 0. The lowest BCUT2D eigenvalue weighted by molar-refractivity contribution is 0.0824. The maximum atomic E-state index is 12.9. The van der Waals surface area contributed by atoms with Crippen LogP contribution in [0.5, 0.6) is 0 Å². The Balaban J connectivity index is 0.000000144. The van der Waals surface area contributed by atoms with Crippen molar-refractivity contribution in [1.29, 1.82) is 0 Å². The molecular weight excluding hydrogens is 823 g/mol. The van der Waals surface area contributed by atoms with E-state index in [4.69, 9.17) is 17.2 Å². The van der Waals surface area contributed by atoms with Crippen molar-refractivity contribution >= 4 is 35.2 Å². The number of hydrogen-bond donors (Lipinski definition) is 3. The average Bonchev–Trinajstić information content (AvgIpc) is 4.20. The monoisotopic (exact) mass is 898 g/mol. The van der Waals surface area contributed by atoms with Crippen molar-refractivity contribution in [2.75, 3.05) is 17.2 Å². The lowest BCUT2D eigenvalue weighted by Gasteiger charge is -2.23. The first kappa shape index (κ1) is 48.4. The van der Waals surface area contributed by atoms with Crippen LogP contribution in [0.3, 0.4) is 0 Å². The third-order valence-corrected chi connectivity index (χ3v) is 15.4. The Morgan fingerprint density at radius 1 is 0.409 bits per heavy atom. The van der Waals surface area contributed by atoms with E-state index in [9.17, 15) is 14.4 Å². The fourth-order valence-corrected chi connectivity index (χ4v) is 12.0. The smallest absolute Gasteiger partial charge is 0.256 e. The number of allylic oxidation sites excluding steroid dienone is 12. The average molecular weight is 898 g/mol. The zero-order valence-electron chi connectivity index (χ0n) is 36.8. The maximum absolute atomic E-state index is 12.9. The molecule has 6 N–H and O–H groups in total. The van der Waals surface area contributed by atoms with Crippen LogP contribution in [0.15, 0.2) is 69.9 Å². The molecule has 3 aromatic heterocycles. The van der Waals surface area contributed by atoms with Crippen molar-refractivity contribution in [3.8, 4) is 0 Å². The third kappa shape index (κ3) is 8.88. The Hall–Kier alpha value is -5.52. The van der Waals surface area contributed by atoms with Gasteiger partial charge in [-0.15, -0.1) is 0 Å². The van der Waals surface area contributed by atoms with Gasteiger partial charge in [0.05, 0.1) is 34.8 Å². The van der Waals surface area contributed by atoms with Crippen LogP contribution in [0.25, 0.3) is 0 Å². The van der Waals surface area contributed by atoms with Crippen LogP contribution in [0.2, 0.25) is 0 Å². The molecule has 0 bridgehead atoms. The lowest BCUT2D eigenvalue weighted by atomic mass is 9.83. The molecule has 0 aromatic carbocycles. The van der Waals surface area contributed by atoms with Crippen LogP contribution in [0.4, 0.5) is 17.5 Å². The minimum Gasteiger partial charge on any atom is -0.383 e. The van der Waals surface area contributed by atoms with E-state index in [0.29, 0.717) is 17.5 Å². The predicted molar refractivity (Wildman–Crippen MR) is 266 cm³/mol. The molecule has 0 amide bonds. The van der Waals surface area contributed by atoms with Gasteiger partial charge in [-0.1, -0.05) is 75.5 Å². The molecule has 12 nitrogen and oxygen atoms in total. The van der Waals surface area contributed by atoms with E-state index in [1.54, 1.807) is 0 Å². The molecule has 0 aliphatic heterocycles. The van der Waals surface area contributed by atoms with Crippen molar-refractivity contribution in [2.24, 2.45) is 17.8 Å². The Labute approximate surface area is 392 Å². The van der Waals surface area contributed by atoms with E-state index < -0.39 is 0 Å². The van der Waals surface area contributed by atoms with Gasteiger partial charge in [0.15, 0.2) is 0 Å². The van der Waals surface area contributed by atoms with Gasteiger partial charge in [0.25, 0.3) is 17.7 Å². The van der Waals surface area contributed by atoms with Crippen LogP contribution in [0, 0.1) is 17.8 Å². The second kappa shape index (κ2) is 20.6. The quantitative estimate of drug-likeness (QED) is 0.230. The van der Waals surface area contributed by atoms with Crippen LogP contribution in [-0.4, -0.2) is 47.1 Å². The number of nitrogen functional groups attached to an aromatic ring is 3. The van der Waals surface area contributed by atoms with E-state index in [-0.39, 0.29) is 57.8 Å². The summed E-state index contributed by atoms with van der Waals surface area (Å²) in [4.78, 5) is 38.8. The summed E-state index contributed by atoms with van der Waals surface area (Å²) < 4.78 is 4.51. The van der Waals surface area contributed by atoms with E-state index in [2.05, 4.69) is 51.8 Å². The van der Waals surface area contributed by atoms with Gasteiger partial charge in [0.1, 0.15) is 17.5 Å². The number of carbonyl (C=O) groups is 3. The van der Waals surface area contributed by atoms with Gasteiger partial charge in [-0.3, -0.25) is 14.4 Å². The molecule has 0 radical (unpaired) electrons. The molecule has 12 heteroatoms. The Morgan fingerprint density at radius 2 is 0.682 bits per heavy atom. The van der Waals surface area contributed by atoms with Gasteiger partial charge in [-0.25, -0.2) is 0 Å². The fraction of sp³-hybridized carbons (Fsp3) is 0.556. The number of nitrogens with zero attached hydrogens (tertiary/aromatic N) is 6. The molecule has 0 saturated heterocycles. The Bertz CT molecular complexity index is 2270. The molecule has 354 valence electrons. The zero-order valence-corrected chi connectivity index (χ0v) is 36.8. The van der Waals surface area contributed by atoms with Crippen LogP contribution in [0.1, 0.15) is 186 Å². The number of nitrogens with two attached hydrogens (primary N) is 3. The number of hydrogen-bond acceptors (Lipinski definition) is 9. The van der Waals surface area contributed by atoms with Crippen molar-refractivity contribution in [2.45, 2.75) is 176 Å². The summed E-state index contributed by atoms with van der Waals surface area (Å²) in [5.41, 5.74) is 33.1. The van der Waals surface area contributed by atoms with E-state index >= 15 is 0 Å². The summed E-state index contributed by atoms with van der Waals surface area (Å²) in [5.74, 6) is 1.84. The first-order valence-electron chi connectivity index (χ1n) is 24.1. The number of aryl methyl sites for hydroxylation is 3. The second-order valence-corrected chi connectivity index (χ2v) is 19.1. The molecule has 3 atom stereocenters. The minimum absolute atomic E-state index is 0. The molecule has 0 saturated carbocycles. The highest BCUT2D eigenvalue weighted by Gasteiger charge is 2.36. The molecule has 12 rings (SSSR count). The molecule has 2 unspecified atom stereocenters. The molecule has 0 spiro atoms. The molecular formula is C54H75N9O3. The number of rotatable bonds is 3. The molecule has 3 heterocycles. The highest BCUT2D eigenvalue weighted by Crippen LogP contribution is 2.41. The number of carbonyl (C=O) groups excluding carboxylic acids is 3. The highest BCUT2D eigenvalue weighted by atomic mass is 16.2. The zero-order chi connectivity index (χ0) is 43.2. The fourth-order valence-electron chi connectivity index (χ4n) is 12.0. The number of aromatic nitrogens is 6. The molecule has 9 aliphatic carbocycles. The molecule has 66 heavy (non-hydrogen) atoms. The van der Waals surface area contributed by atoms with Gasteiger partial charge in [0, 0.05) is 16.7 Å². The highest BCUT2D eigenvalue weighted by molar-refractivity contribution is 5.89. The second-order valence-electron chi connectivity index (χ2n) is 19.1. The third-order valence-electron chi connectivity index (χ3n) is 15.4. The summed E-state index contributed by atoms with van der Waals surface area (Å²) in [5, 5.41) is 13.6. The minimum atomic E-state index is -0.0452. The van der Waals surface area contributed by atoms with Crippen LogP contribution >= 0.6 is 0 Å². The summed E-state index contributed by atoms with van der Waals surface area (Å²) in [6.45, 7) is 0. The predicted octanol–water partition coefficient (Wildman–Crippen LogP) is 11.0. The van der Waals surface area contributed by atoms with Crippen molar-refractivity contribution in [3.05, 3.63) is 104 Å². The molecule has 0 fully saturated rings. The Kier molecular flexibility index (Phi) is 15.1. The van der Waals surface area contributed by atoms with Gasteiger partial charge in [0.2, 0.25) is 0 Å². The van der Waals surface area contributed by atoms with Gasteiger partial charge >= 0.3 is 0 Å². The first-order chi connectivity index (χ1) is 30.8. The molecule has 3 aromatic rings. The van der Waals surface area contributed by atoms with Gasteiger partial charge in [-0.2, -0.15) is 29.3 Å². The van der Waals surface area contributed by atoms with Gasteiger partial charge in [-0.05, 0) is 171 Å². The lowest BCUT2D eigenvalue weighted by Crippen LogP contribution is -2.27. The largest absolute Gasteiger partial charge is 0.383 e. The van der Waals surface area contributed by atoms with Crippen molar-refractivity contribution in [3.63, 3.8) is 0 Å². The SMILES string of the molecule is C.C.C.Nc1c2c(nn1C(=O)C1CCCC3=C1C=CC3)CCCC2.Nc1c2c(nn1C(=O)C1CCCC3=C1C=CC3)CCCC2.Nc1c2c(nn1C(=O)[C@H]1CCCC3=C1C=CC3)CCCC2. The first-order valence-corrected chi connectivity index (χ1v) is 24.1. The van der Waals surface area contributed by atoms with Crippen LogP contribution < -0.4 is 17.2 Å². The van der Waals surface area contributed by atoms with E-state index in [1.807, 2.05) is 0 Å². The number of anilines is 3. The van der Waals surface area contributed by atoms with Gasteiger partial charge < -0.3 is 17.2 Å². The summed E-state index contributed by atoms with van der Waals surface area (Å²) in [6.07, 6.45) is 38.1. The van der Waals surface area contributed by atoms with E-state index in [0.717, 1.165) is 188 Å². The van der Waals surface area contributed by atoms with E-state index in [1.165, 1.54) is 47.5 Å². The number of fused-ring (bicyclic) bond motifs is 3. The van der Waals surface area contributed by atoms with Crippen LogP contribution in [-0.2, 0) is 38.5 Å². The normalized spacial score (nSPS) is 23.0. The van der Waals surface area contributed by atoms with Crippen molar-refractivity contribution in [1.82, 2.24) is 29.3 Å². The molecule has 9 aliphatic rings. The maximum Gasteiger partial charge on any atom is 0.256 e. The Morgan fingerprint density at radius 3 is 0.955 bits per heavy atom. The summed E-state index contributed by atoms with van der Waals surface area (Å²) >= 11 is 0. The summed E-state index contributed by atoms with van der Waals surface area (Å²) in [6, 6.07) is 0.